The first-order valence-electron chi connectivity index (χ1n) is 5.63. The smallest absolute Gasteiger partial charge is 0.222 e. The molecule has 0 saturated carbocycles. The fraction of sp³-hybridized carbons (Fsp3) is 0.308. The molecule has 2 aromatic rings. The van der Waals surface area contributed by atoms with Gasteiger partial charge in [0.2, 0.25) is 5.88 Å². The van der Waals surface area contributed by atoms with E-state index >= 15 is 0 Å². The first kappa shape index (κ1) is 12.2. The van der Waals surface area contributed by atoms with Crippen LogP contribution in [-0.2, 0) is 0 Å². The second kappa shape index (κ2) is 4.92. The van der Waals surface area contributed by atoms with Crippen LogP contribution in [-0.4, -0.2) is 5.16 Å². The van der Waals surface area contributed by atoms with E-state index in [1.807, 2.05) is 6.07 Å². The Labute approximate surface area is 109 Å². The molecular formula is C13H15BrN2O. The number of hydrogen-bond donors (Lipinski definition) is 1. The van der Waals surface area contributed by atoms with Crippen LogP contribution in [0.3, 0.4) is 0 Å². The van der Waals surface area contributed by atoms with Gasteiger partial charge < -0.3 is 10.3 Å². The number of rotatable bonds is 3. The van der Waals surface area contributed by atoms with Gasteiger partial charge >= 0.3 is 0 Å². The first-order chi connectivity index (χ1) is 8.11. The van der Waals surface area contributed by atoms with Gasteiger partial charge in [0, 0.05) is 16.1 Å². The predicted octanol–water partition coefficient (Wildman–Crippen LogP) is 4.20. The Morgan fingerprint density at radius 3 is 2.71 bits per heavy atom. The zero-order valence-electron chi connectivity index (χ0n) is 9.90. The number of halogens is 1. The van der Waals surface area contributed by atoms with Crippen LogP contribution in [0.1, 0.15) is 31.7 Å². The third-order valence-electron chi connectivity index (χ3n) is 2.97. The lowest BCUT2D eigenvalue weighted by molar-refractivity contribution is 0.439. The number of nitrogens with two attached hydrogens (primary N) is 1. The molecule has 3 nitrogen and oxygen atoms in total. The minimum atomic E-state index is 0.335. The summed E-state index contributed by atoms with van der Waals surface area (Å²) in [6, 6.07) is 7.95. The van der Waals surface area contributed by atoms with E-state index in [-0.39, 0.29) is 0 Å². The molecule has 1 heterocycles. The fourth-order valence-corrected chi connectivity index (χ4v) is 2.50. The molecule has 90 valence electrons. The Morgan fingerprint density at radius 2 is 2.18 bits per heavy atom. The molecule has 1 atom stereocenters. The van der Waals surface area contributed by atoms with E-state index in [1.165, 1.54) is 5.56 Å². The second-order valence-electron chi connectivity index (χ2n) is 4.16. The Balaban J connectivity index is 2.37. The minimum Gasteiger partial charge on any atom is -0.368 e. The Bertz CT molecular complexity index is 522. The molecule has 0 fully saturated rings. The van der Waals surface area contributed by atoms with Crippen molar-refractivity contribution in [1.82, 2.24) is 5.16 Å². The molecule has 1 aromatic carbocycles. The van der Waals surface area contributed by atoms with E-state index in [1.54, 1.807) is 6.07 Å². The summed E-state index contributed by atoms with van der Waals surface area (Å²) in [7, 11) is 0. The molecular weight excluding hydrogens is 280 g/mol. The van der Waals surface area contributed by atoms with Crippen LogP contribution < -0.4 is 5.73 Å². The molecule has 1 unspecified atom stereocenters. The standard InChI is InChI=1S/C13H15BrN2O/c1-3-8(2)10-5-4-9(6-11(10)14)12-7-13(15)17-16-12/h4-8H,3,15H2,1-2H3. The zero-order valence-corrected chi connectivity index (χ0v) is 11.5. The number of benzene rings is 1. The van der Waals surface area contributed by atoms with E-state index in [4.69, 9.17) is 10.3 Å². The number of nitrogens with zero attached hydrogens (tertiary/aromatic N) is 1. The lowest BCUT2D eigenvalue weighted by atomic mass is 9.97. The van der Waals surface area contributed by atoms with Gasteiger partial charge in [-0.15, -0.1) is 0 Å². The SMILES string of the molecule is CCC(C)c1ccc(-c2cc(N)on2)cc1Br. The van der Waals surface area contributed by atoms with Crippen LogP contribution >= 0.6 is 15.9 Å². The normalized spacial score (nSPS) is 12.6. The van der Waals surface area contributed by atoms with Crippen molar-refractivity contribution in [1.29, 1.82) is 0 Å². The van der Waals surface area contributed by atoms with E-state index in [2.05, 4.69) is 47.1 Å². The third-order valence-corrected chi connectivity index (χ3v) is 3.65. The van der Waals surface area contributed by atoms with Crippen molar-refractivity contribution in [3.8, 4) is 11.3 Å². The van der Waals surface area contributed by atoms with E-state index in [9.17, 15) is 0 Å². The summed E-state index contributed by atoms with van der Waals surface area (Å²) in [5, 5.41) is 3.90. The number of hydrogen-bond acceptors (Lipinski definition) is 3. The van der Waals surface area contributed by atoms with Gasteiger partial charge in [0.1, 0.15) is 5.69 Å². The van der Waals surface area contributed by atoms with Crippen LogP contribution in [0.5, 0.6) is 0 Å². The molecule has 0 radical (unpaired) electrons. The lowest BCUT2D eigenvalue weighted by Gasteiger charge is -2.11. The molecule has 4 heteroatoms. The molecule has 0 aliphatic carbocycles. The van der Waals surface area contributed by atoms with Crippen molar-refractivity contribution in [2.45, 2.75) is 26.2 Å². The van der Waals surface area contributed by atoms with Gasteiger partial charge in [-0.25, -0.2) is 0 Å². The van der Waals surface area contributed by atoms with Crippen molar-refractivity contribution in [3.05, 3.63) is 34.3 Å². The number of aromatic nitrogens is 1. The summed E-state index contributed by atoms with van der Waals surface area (Å²) >= 11 is 3.60. The molecule has 0 bridgehead atoms. The molecule has 0 amide bonds. The largest absolute Gasteiger partial charge is 0.368 e. The maximum atomic E-state index is 5.51. The monoisotopic (exact) mass is 294 g/mol. The average molecular weight is 295 g/mol. The van der Waals surface area contributed by atoms with Gasteiger partial charge in [0.15, 0.2) is 0 Å². The second-order valence-corrected chi connectivity index (χ2v) is 5.01. The molecule has 0 spiro atoms. The highest BCUT2D eigenvalue weighted by Gasteiger charge is 2.10. The molecule has 17 heavy (non-hydrogen) atoms. The third kappa shape index (κ3) is 2.52. The van der Waals surface area contributed by atoms with E-state index < -0.39 is 0 Å². The summed E-state index contributed by atoms with van der Waals surface area (Å²) in [6.45, 7) is 4.40. The van der Waals surface area contributed by atoms with Crippen molar-refractivity contribution >= 4 is 21.8 Å². The maximum absolute atomic E-state index is 5.51. The maximum Gasteiger partial charge on any atom is 0.222 e. The van der Waals surface area contributed by atoms with Crippen LogP contribution in [0.2, 0.25) is 0 Å². The highest BCUT2D eigenvalue weighted by Crippen LogP contribution is 2.31. The van der Waals surface area contributed by atoms with E-state index in [0.29, 0.717) is 11.8 Å². The van der Waals surface area contributed by atoms with Crippen molar-refractivity contribution in [2.24, 2.45) is 0 Å². The zero-order chi connectivity index (χ0) is 12.4. The highest BCUT2D eigenvalue weighted by atomic mass is 79.9. The first-order valence-corrected chi connectivity index (χ1v) is 6.43. The van der Waals surface area contributed by atoms with Crippen molar-refractivity contribution < 1.29 is 4.52 Å². The minimum absolute atomic E-state index is 0.335. The highest BCUT2D eigenvalue weighted by molar-refractivity contribution is 9.10. The van der Waals surface area contributed by atoms with Gasteiger partial charge in [-0.1, -0.05) is 47.1 Å². The quantitative estimate of drug-likeness (QED) is 0.923. The van der Waals surface area contributed by atoms with Gasteiger partial charge in [0.25, 0.3) is 0 Å². The molecule has 2 N–H and O–H groups in total. The van der Waals surface area contributed by atoms with Crippen molar-refractivity contribution in [2.75, 3.05) is 5.73 Å². The summed E-state index contributed by atoms with van der Waals surface area (Å²) in [5.74, 6) is 0.878. The van der Waals surface area contributed by atoms with E-state index in [0.717, 1.165) is 22.2 Å². The number of anilines is 1. The van der Waals surface area contributed by atoms with Crippen LogP contribution in [0.15, 0.2) is 33.3 Å². The lowest BCUT2D eigenvalue weighted by Crippen LogP contribution is -1.93. The fourth-order valence-electron chi connectivity index (χ4n) is 1.73. The Hall–Kier alpha value is -1.29. The number of nitrogen functional groups attached to an aromatic ring is 1. The molecule has 0 saturated heterocycles. The molecule has 0 aliphatic heterocycles. The molecule has 2 rings (SSSR count). The van der Waals surface area contributed by atoms with Gasteiger partial charge in [0.05, 0.1) is 0 Å². The summed E-state index contributed by atoms with van der Waals surface area (Å²) in [6.07, 6.45) is 1.12. The molecule has 0 aliphatic rings. The van der Waals surface area contributed by atoms with Gasteiger partial charge in [-0.05, 0) is 24.0 Å². The van der Waals surface area contributed by atoms with Gasteiger partial charge in [-0.2, -0.15) is 0 Å². The Morgan fingerprint density at radius 1 is 1.41 bits per heavy atom. The average Bonchev–Trinajstić information content (AvgIpc) is 2.75. The summed E-state index contributed by atoms with van der Waals surface area (Å²) < 4.78 is 5.97. The summed E-state index contributed by atoms with van der Waals surface area (Å²) in [4.78, 5) is 0. The Kier molecular flexibility index (Phi) is 3.52. The van der Waals surface area contributed by atoms with Crippen LogP contribution in [0, 0.1) is 0 Å². The predicted molar refractivity (Wildman–Crippen MR) is 72.8 cm³/mol. The molecule has 1 aromatic heterocycles. The van der Waals surface area contributed by atoms with Crippen LogP contribution in [0.25, 0.3) is 11.3 Å². The summed E-state index contributed by atoms with van der Waals surface area (Å²) in [5.41, 5.74) is 8.59. The van der Waals surface area contributed by atoms with Crippen molar-refractivity contribution in [3.63, 3.8) is 0 Å². The van der Waals surface area contributed by atoms with Crippen LogP contribution in [0.4, 0.5) is 5.88 Å². The van der Waals surface area contributed by atoms with Gasteiger partial charge in [-0.3, -0.25) is 0 Å². The topological polar surface area (TPSA) is 52.0 Å².